The fourth-order valence-electron chi connectivity index (χ4n) is 3.08. The molecule has 0 bridgehead atoms. The number of aromatic nitrogens is 3. The van der Waals surface area contributed by atoms with Gasteiger partial charge in [0.1, 0.15) is 12.4 Å². The van der Waals surface area contributed by atoms with E-state index in [0.717, 1.165) is 16.7 Å². The maximum Gasteiger partial charge on any atom is 0.214 e. The van der Waals surface area contributed by atoms with Crippen molar-refractivity contribution in [3.05, 3.63) is 94.5 Å². The van der Waals surface area contributed by atoms with E-state index in [1.54, 1.807) is 23.9 Å². The van der Waals surface area contributed by atoms with Crippen molar-refractivity contribution in [3.63, 3.8) is 0 Å². The second-order valence-electron chi connectivity index (χ2n) is 6.79. The number of ether oxygens (including phenoxy) is 2. The molecule has 0 unspecified atom stereocenters. The largest absolute Gasteiger partial charge is 0.493 e. The van der Waals surface area contributed by atoms with Gasteiger partial charge in [-0.3, -0.25) is 0 Å². The molecule has 0 aliphatic heterocycles. The third kappa shape index (κ3) is 4.92. The number of halogens is 1. The van der Waals surface area contributed by atoms with Crippen molar-refractivity contribution in [2.45, 2.75) is 13.2 Å². The van der Waals surface area contributed by atoms with Crippen LogP contribution in [0.5, 0.6) is 11.5 Å². The van der Waals surface area contributed by atoms with Gasteiger partial charge >= 0.3 is 0 Å². The SMILES string of the molecule is COc1cc(CNn2c(-c3ccccc3)n[nH]c2=S)ccc1OCc1ccc(F)cc1. The third-order valence-corrected chi connectivity index (χ3v) is 4.96. The average Bonchev–Trinajstić information content (AvgIpc) is 3.18. The molecule has 0 fully saturated rings. The summed E-state index contributed by atoms with van der Waals surface area (Å²) in [5.41, 5.74) is 6.10. The van der Waals surface area contributed by atoms with Crippen molar-refractivity contribution in [2.24, 2.45) is 0 Å². The van der Waals surface area contributed by atoms with Crippen LogP contribution in [0.4, 0.5) is 4.39 Å². The van der Waals surface area contributed by atoms with Gasteiger partial charge in [0, 0.05) is 5.56 Å². The molecule has 4 aromatic rings. The molecule has 1 aromatic heterocycles. The molecule has 0 atom stereocenters. The van der Waals surface area contributed by atoms with E-state index in [0.29, 0.717) is 35.2 Å². The van der Waals surface area contributed by atoms with E-state index in [4.69, 9.17) is 21.7 Å². The number of hydrogen-bond acceptors (Lipinski definition) is 5. The quantitative estimate of drug-likeness (QED) is 0.377. The van der Waals surface area contributed by atoms with Crippen LogP contribution in [0.15, 0.2) is 72.8 Å². The summed E-state index contributed by atoms with van der Waals surface area (Å²) in [5.74, 6) is 1.66. The highest BCUT2D eigenvalue weighted by Gasteiger charge is 2.10. The molecule has 0 amide bonds. The first kappa shape index (κ1) is 20.6. The fraction of sp³-hybridized carbons (Fsp3) is 0.130. The number of benzene rings is 3. The Bertz CT molecular complexity index is 1210. The Morgan fingerprint density at radius 3 is 2.48 bits per heavy atom. The van der Waals surface area contributed by atoms with Crippen LogP contribution in [0, 0.1) is 10.6 Å². The van der Waals surface area contributed by atoms with Gasteiger partial charge in [-0.05, 0) is 47.6 Å². The van der Waals surface area contributed by atoms with E-state index in [1.807, 2.05) is 48.5 Å². The predicted octanol–water partition coefficient (Wildman–Crippen LogP) is 5.08. The fourth-order valence-corrected chi connectivity index (χ4v) is 3.27. The van der Waals surface area contributed by atoms with Crippen LogP contribution in [0.25, 0.3) is 11.4 Å². The zero-order chi connectivity index (χ0) is 21.6. The number of nitrogens with zero attached hydrogens (tertiary/aromatic N) is 2. The molecule has 0 aliphatic carbocycles. The second-order valence-corrected chi connectivity index (χ2v) is 7.18. The first-order valence-electron chi connectivity index (χ1n) is 9.65. The molecule has 8 heteroatoms. The minimum absolute atomic E-state index is 0.272. The van der Waals surface area contributed by atoms with Gasteiger partial charge in [-0.2, -0.15) is 5.10 Å². The summed E-state index contributed by atoms with van der Waals surface area (Å²) in [6.45, 7) is 0.821. The molecule has 0 spiro atoms. The first-order valence-corrected chi connectivity index (χ1v) is 10.1. The maximum absolute atomic E-state index is 13.1. The van der Waals surface area contributed by atoms with Gasteiger partial charge in [-0.25, -0.2) is 14.2 Å². The lowest BCUT2D eigenvalue weighted by molar-refractivity contribution is 0.284. The van der Waals surface area contributed by atoms with Crippen LogP contribution in [0.1, 0.15) is 11.1 Å². The molecular formula is C23H21FN4O2S. The van der Waals surface area contributed by atoms with Crippen molar-refractivity contribution in [2.75, 3.05) is 12.5 Å². The molecule has 0 aliphatic rings. The Hall–Kier alpha value is -3.65. The number of methoxy groups -OCH3 is 1. The molecule has 0 saturated carbocycles. The Morgan fingerprint density at radius 1 is 1.00 bits per heavy atom. The van der Waals surface area contributed by atoms with Gasteiger partial charge in [0.15, 0.2) is 17.3 Å². The summed E-state index contributed by atoms with van der Waals surface area (Å²) in [6.07, 6.45) is 0. The molecular weight excluding hydrogens is 415 g/mol. The summed E-state index contributed by atoms with van der Waals surface area (Å²) in [4.78, 5) is 0. The van der Waals surface area contributed by atoms with E-state index in [-0.39, 0.29) is 5.82 Å². The van der Waals surface area contributed by atoms with Crippen LogP contribution in [-0.2, 0) is 13.2 Å². The van der Waals surface area contributed by atoms with Gasteiger partial charge in [0.05, 0.1) is 13.7 Å². The highest BCUT2D eigenvalue weighted by Crippen LogP contribution is 2.29. The summed E-state index contributed by atoms with van der Waals surface area (Å²) >= 11 is 5.36. The van der Waals surface area contributed by atoms with Crippen LogP contribution in [0.3, 0.4) is 0 Å². The van der Waals surface area contributed by atoms with Crippen molar-refractivity contribution in [1.82, 2.24) is 14.9 Å². The second kappa shape index (κ2) is 9.44. The number of hydrogen-bond donors (Lipinski definition) is 2. The van der Waals surface area contributed by atoms with E-state index in [9.17, 15) is 4.39 Å². The summed E-state index contributed by atoms with van der Waals surface area (Å²) < 4.78 is 26.6. The lowest BCUT2D eigenvalue weighted by Crippen LogP contribution is -2.16. The van der Waals surface area contributed by atoms with Crippen molar-refractivity contribution >= 4 is 12.2 Å². The van der Waals surface area contributed by atoms with Crippen LogP contribution < -0.4 is 14.9 Å². The van der Waals surface area contributed by atoms with Gasteiger partial charge in [-0.15, -0.1) is 0 Å². The summed E-state index contributed by atoms with van der Waals surface area (Å²) in [6, 6.07) is 21.7. The lowest BCUT2D eigenvalue weighted by Gasteiger charge is -2.14. The molecule has 0 radical (unpaired) electrons. The Balaban J connectivity index is 1.46. The third-order valence-electron chi connectivity index (χ3n) is 4.68. The topological polar surface area (TPSA) is 64.1 Å². The van der Waals surface area contributed by atoms with Crippen LogP contribution in [-0.4, -0.2) is 22.0 Å². The number of H-pyrrole nitrogens is 1. The number of rotatable bonds is 8. The molecule has 158 valence electrons. The number of nitrogens with one attached hydrogen (secondary N) is 2. The van der Waals surface area contributed by atoms with E-state index in [1.165, 1.54) is 12.1 Å². The van der Waals surface area contributed by atoms with Crippen LogP contribution >= 0.6 is 12.2 Å². The molecule has 31 heavy (non-hydrogen) atoms. The zero-order valence-electron chi connectivity index (χ0n) is 16.8. The normalized spacial score (nSPS) is 10.6. The standard InChI is InChI=1S/C23H21FN4O2S/c1-29-21-13-17(9-12-20(21)30-15-16-7-10-19(24)11-8-16)14-25-28-22(26-27-23(28)31)18-5-3-2-4-6-18/h2-13,25H,14-15H2,1H3,(H,27,31). The highest BCUT2D eigenvalue weighted by atomic mass is 32.1. The number of aromatic amines is 1. The Kier molecular flexibility index (Phi) is 6.28. The van der Waals surface area contributed by atoms with Gasteiger partial charge in [-0.1, -0.05) is 48.5 Å². The smallest absolute Gasteiger partial charge is 0.214 e. The molecule has 6 nitrogen and oxygen atoms in total. The van der Waals surface area contributed by atoms with E-state index >= 15 is 0 Å². The summed E-state index contributed by atoms with van der Waals surface area (Å²) in [7, 11) is 1.59. The summed E-state index contributed by atoms with van der Waals surface area (Å²) in [5, 5.41) is 7.14. The van der Waals surface area contributed by atoms with E-state index < -0.39 is 0 Å². The molecule has 0 saturated heterocycles. The van der Waals surface area contributed by atoms with Crippen LogP contribution in [0.2, 0.25) is 0 Å². The van der Waals surface area contributed by atoms with Crippen molar-refractivity contribution in [3.8, 4) is 22.9 Å². The lowest BCUT2D eigenvalue weighted by atomic mass is 10.2. The highest BCUT2D eigenvalue weighted by molar-refractivity contribution is 7.71. The molecule has 2 N–H and O–H groups in total. The monoisotopic (exact) mass is 436 g/mol. The average molecular weight is 437 g/mol. The van der Waals surface area contributed by atoms with Gasteiger partial charge in [0.25, 0.3) is 0 Å². The van der Waals surface area contributed by atoms with Gasteiger partial charge in [0.2, 0.25) is 4.77 Å². The van der Waals surface area contributed by atoms with Crippen molar-refractivity contribution in [1.29, 1.82) is 0 Å². The minimum Gasteiger partial charge on any atom is -0.493 e. The molecule has 4 rings (SSSR count). The first-order chi connectivity index (χ1) is 15.1. The molecule has 1 heterocycles. The van der Waals surface area contributed by atoms with Crippen molar-refractivity contribution < 1.29 is 13.9 Å². The Morgan fingerprint density at radius 2 is 1.74 bits per heavy atom. The Labute approximate surface area is 184 Å². The maximum atomic E-state index is 13.1. The predicted molar refractivity (Wildman–Crippen MR) is 120 cm³/mol. The zero-order valence-corrected chi connectivity index (χ0v) is 17.7. The minimum atomic E-state index is -0.272. The van der Waals surface area contributed by atoms with E-state index in [2.05, 4.69) is 15.6 Å². The molecule has 3 aromatic carbocycles. The van der Waals surface area contributed by atoms with Gasteiger partial charge < -0.3 is 14.9 Å².